The van der Waals surface area contributed by atoms with Gasteiger partial charge in [0.05, 0.1) is 12.6 Å². The molecule has 2 aromatic rings. The molecular weight excluding hydrogens is 212 g/mol. The molecule has 1 aromatic carbocycles. The van der Waals surface area contributed by atoms with Crippen molar-refractivity contribution in [1.82, 2.24) is 4.98 Å². The average Bonchev–Trinajstić information content (AvgIpc) is 2.86. The summed E-state index contributed by atoms with van der Waals surface area (Å²) < 4.78 is 5.49. The molecule has 2 N–H and O–H groups in total. The molecule has 0 saturated carbocycles. The van der Waals surface area contributed by atoms with Gasteiger partial charge in [0.2, 0.25) is 0 Å². The van der Waals surface area contributed by atoms with Crippen LogP contribution in [-0.2, 0) is 6.42 Å². The molecule has 1 atom stereocenters. The van der Waals surface area contributed by atoms with Crippen molar-refractivity contribution >= 4 is 0 Å². The molecule has 1 aliphatic heterocycles. The van der Waals surface area contributed by atoms with Crippen molar-refractivity contribution in [2.45, 2.75) is 12.5 Å². The zero-order chi connectivity index (χ0) is 11.7. The highest BCUT2D eigenvalue weighted by atomic mass is 16.5. The van der Waals surface area contributed by atoms with Gasteiger partial charge < -0.3 is 10.5 Å². The molecule has 1 aromatic heterocycles. The van der Waals surface area contributed by atoms with Gasteiger partial charge in [-0.3, -0.25) is 4.98 Å². The number of hydrogen-bond donors (Lipinski definition) is 1. The first-order valence-corrected chi connectivity index (χ1v) is 5.76. The number of nitrogens with two attached hydrogens (primary N) is 1. The minimum absolute atomic E-state index is 0.0936. The first kappa shape index (κ1) is 10.3. The monoisotopic (exact) mass is 226 g/mol. The van der Waals surface area contributed by atoms with Crippen molar-refractivity contribution in [3.05, 3.63) is 59.4 Å². The molecular formula is C14H14N2O. The Morgan fingerprint density at radius 3 is 2.76 bits per heavy atom. The van der Waals surface area contributed by atoms with Crippen molar-refractivity contribution in [2.75, 3.05) is 6.61 Å². The summed E-state index contributed by atoms with van der Waals surface area (Å²) in [6, 6.07) is 10.0. The first-order valence-electron chi connectivity index (χ1n) is 5.76. The first-order chi connectivity index (χ1) is 8.34. The fourth-order valence-corrected chi connectivity index (χ4v) is 2.16. The summed E-state index contributed by atoms with van der Waals surface area (Å²) in [5, 5.41) is 0. The molecule has 0 amide bonds. The summed E-state index contributed by atoms with van der Waals surface area (Å²) in [5.74, 6) is 0.996. The Kier molecular flexibility index (Phi) is 2.53. The molecule has 0 aliphatic carbocycles. The van der Waals surface area contributed by atoms with E-state index in [2.05, 4.69) is 11.1 Å². The van der Waals surface area contributed by atoms with Crippen LogP contribution in [0.3, 0.4) is 0 Å². The van der Waals surface area contributed by atoms with E-state index in [1.54, 1.807) is 12.4 Å². The minimum Gasteiger partial charge on any atom is -0.493 e. The molecule has 3 rings (SSSR count). The van der Waals surface area contributed by atoms with Gasteiger partial charge in [-0.2, -0.15) is 0 Å². The third-order valence-corrected chi connectivity index (χ3v) is 3.14. The van der Waals surface area contributed by atoms with E-state index in [4.69, 9.17) is 10.5 Å². The summed E-state index contributed by atoms with van der Waals surface area (Å²) in [7, 11) is 0. The minimum atomic E-state index is -0.0936. The van der Waals surface area contributed by atoms with E-state index < -0.39 is 0 Å². The highest BCUT2D eigenvalue weighted by Gasteiger charge is 2.15. The Bertz CT molecular complexity index is 525. The Hall–Kier alpha value is -1.87. The van der Waals surface area contributed by atoms with Crippen LogP contribution in [0.15, 0.2) is 42.7 Å². The molecule has 0 saturated heterocycles. The van der Waals surface area contributed by atoms with Crippen molar-refractivity contribution in [3.8, 4) is 5.75 Å². The van der Waals surface area contributed by atoms with Crippen LogP contribution in [0.4, 0.5) is 0 Å². The highest BCUT2D eigenvalue weighted by Crippen LogP contribution is 2.29. The molecule has 2 heterocycles. The second-order valence-corrected chi connectivity index (χ2v) is 4.22. The third-order valence-electron chi connectivity index (χ3n) is 3.14. The lowest BCUT2D eigenvalue weighted by Gasteiger charge is -2.13. The van der Waals surface area contributed by atoms with E-state index >= 15 is 0 Å². The Morgan fingerprint density at radius 2 is 1.94 bits per heavy atom. The zero-order valence-electron chi connectivity index (χ0n) is 9.47. The maximum atomic E-state index is 6.24. The molecule has 86 valence electrons. The fourth-order valence-electron chi connectivity index (χ4n) is 2.16. The van der Waals surface area contributed by atoms with Crippen LogP contribution >= 0.6 is 0 Å². The van der Waals surface area contributed by atoms with E-state index in [-0.39, 0.29) is 6.04 Å². The number of fused-ring (bicyclic) bond motifs is 1. The van der Waals surface area contributed by atoms with E-state index in [1.165, 1.54) is 5.56 Å². The largest absolute Gasteiger partial charge is 0.493 e. The number of aromatic nitrogens is 1. The van der Waals surface area contributed by atoms with E-state index in [9.17, 15) is 0 Å². The van der Waals surface area contributed by atoms with Crippen LogP contribution in [0, 0.1) is 0 Å². The molecule has 0 spiro atoms. The molecule has 3 heteroatoms. The van der Waals surface area contributed by atoms with Gasteiger partial charge in [0, 0.05) is 18.8 Å². The van der Waals surface area contributed by atoms with E-state index in [1.807, 2.05) is 24.3 Å². The predicted octanol–water partition coefficient (Wildman–Crippen LogP) is 2.06. The molecule has 0 radical (unpaired) electrons. The Morgan fingerprint density at radius 1 is 1.12 bits per heavy atom. The average molecular weight is 226 g/mol. The lowest BCUT2D eigenvalue weighted by molar-refractivity contribution is 0.357. The van der Waals surface area contributed by atoms with Gasteiger partial charge in [-0.25, -0.2) is 0 Å². The SMILES string of the molecule is NC(c1ccncc1)c1ccc2c(c1)CCO2. The number of nitrogens with zero attached hydrogens (tertiary/aromatic N) is 1. The van der Waals surface area contributed by atoms with Crippen molar-refractivity contribution < 1.29 is 4.74 Å². The third kappa shape index (κ3) is 1.89. The van der Waals surface area contributed by atoms with Gasteiger partial charge in [-0.1, -0.05) is 12.1 Å². The number of rotatable bonds is 2. The smallest absolute Gasteiger partial charge is 0.122 e. The molecule has 17 heavy (non-hydrogen) atoms. The van der Waals surface area contributed by atoms with Crippen LogP contribution in [0.2, 0.25) is 0 Å². The summed E-state index contributed by atoms with van der Waals surface area (Å²) in [5.41, 5.74) is 9.71. The summed E-state index contributed by atoms with van der Waals surface area (Å²) in [6.07, 6.45) is 4.52. The van der Waals surface area contributed by atoms with Crippen molar-refractivity contribution in [1.29, 1.82) is 0 Å². The number of pyridine rings is 1. The molecule has 1 unspecified atom stereocenters. The van der Waals surface area contributed by atoms with Crippen LogP contribution < -0.4 is 10.5 Å². The van der Waals surface area contributed by atoms with Crippen LogP contribution in [0.5, 0.6) is 5.75 Å². The Balaban J connectivity index is 1.94. The summed E-state index contributed by atoms with van der Waals surface area (Å²) in [6.45, 7) is 0.781. The maximum Gasteiger partial charge on any atom is 0.122 e. The second-order valence-electron chi connectivity index (χ2n) is 4.22. The van der Waals surface area contributed by atoms with Gasteiger partial charge in [0.25, 0.3) is 0 Å². The molecule has 3 nitrogen and oxygen atoms in total. The van der Waals surface area contributed by atoms with Crippen molar-refractivity contribution in [2.24, 2.45) is 5.73 Å². The van der Waals surface area contributed by atoms with Gasteiger partial charge in [-0.15, -0.1) is 0 Å². The lowest BCUT2D eigenvalue weighted by atomic mass is 9.98. The second kappa shape index (κ2) is 4.18. The van der Waals surface area contributed by atoms with Crippen LogP contribution in [-0.4, -0.2) is 11.6 Å². The maximum absolute atomic E-state index is 6.24. The van der Waals surface area contributed by atoms with Crippen LogP contribution in [0.1, 0.15) is 22.7 Å². The summed E-state index contributed by atoms with van der Waals surface area (Å²) >= 11 is 0. The van der Waals surface area contributed by atoms with Gasteiger partial charge in [-0.05, 0) is 34.9 Å². The van der Waals surface area contributed by atoms with Crippen molar-refractivity contribution in [3.63, 3.8) is 0 Å². The lowest BCUT2D eigenvalue weighted by Crippen LogP contribution is -2.11. The standard InChI is InChI=1S/C14H14N2O/c15-14(10-3-6-16-7-4-10)12-1-2-13-11(9-12)5-8-17-13/h1-4,6-7,9,14H,5,8,15H2. The number of benzene rings is 1. The number of ether oxygens (including phenoxy) is 1. The van der Waals surface area contributed by atoms with Gasteiger partial charge in [0.15, 0.2) is 0 Å². The van der Waals surface area contributed by atoms with Crippen LogP contribution in [0.25, 0.3) is 0 Å². The summed E-state index contributed by atoms with van der Waals surface area (Å²) in [4.78, 5) is 4.00. The molecule has 0 bridgehead atoms. The highest BCUT2D eigenvalue weighted by molar-refractivity contribution is 5.42. The van der Waals surface area contributed by atoms with E-state index in [0.717, 1.165) is 29.9 Å². The quantitative estimate of drug-likeness (QED) is 0.852. The van der Waals surface area contributed by atoms with Gasteiger partial charge >= 0.3 is 0 Å². The topological polar surface area (TPSA) is 48.1 Å². The predicted molar refractivity (Wildman–Crippen MR) is 65.9 cm³/mol. The number of hydrogen-bond acceptors (Lipinski definition) is 3. The van der Waals surface area contributed by atoms with Gasteiger partial charge in [0.1, 0.15) is 5.75 Å². The Labute approximate surface area is 100 Å². The normalized spacial score (nSPS) is 15.1. The molecule has 1 aliphatic rings. The van der Waals surface area contributed by atoms with E-state index in [0.29, 0.717) is 0 Å². The fraction of sp³-hybridized carbons (Fsp3) is 0.214. The molecule has 0 fully saturated rings. The zero-order valence-corrected chi connectivity index (χ0v) is 9.47.